The average molecular weight is 427 g/mol. The topological polar surface area (TPSA) is 18.5 Å². The summed E-state index contributed by atoms with van der Waals surface area (Å²) in [6, 6.07) is 17.3. The molecule has 0 aromatic heterocycles. The molecule has 3 unspecified atom stereocenters. The van der Waals surface area contributed by atoms with E-state index in [1.165, 1.54) is 36.0 Å². The molecule has 1 heterocycles. The molecule has 0 saturated carbocycles. The van der Waals surface area contributed by atoms with E-state index in [4.69, 9.17) is 9.47 Å². The maximum atomic E-state index is 6.26. The van der Waals surface area contributed by atoms with Gasteiger partial charge in [-0.15, -0.1) is 0 Å². The zero-order chi connectivity index (χ0) is 23.1. The van der Waals surface area contributed by atoms with E-state index in [-0.39, 0.29) is 12.4 Å². The lowest BCUT2D eigenvalue weighted by Gasteiger charge is -2.31. The van der Waals surface area contributed by atoms with Crippen LogP contribution in [0.1, 0.15) is 103 Å². The van der Waals surface area contributed by atoms with Crippen LogP contribution in [0.15, 0.2) is 48.5 Å². The molecule has 0 aliphatic carbocycles. The first kappa shape index (κ1) is 27.2. The Morgan fingerprint density at radius 3 is 2.29 bits per heavy atom. The Labute approximate surface area is 192 Å². The second-order valence-electron chi connectivity index (χ2n) is 7.84. The van der Waals surface area contributed by atoms with Gasteiger partial charge in [0.15, 0.2) is 6.29 Å². The third-order valence-corrected chi connectivity index (χ3v) is 5.68. The lowest BCUT2D eigenvalue weighted by molar-refractivity contribution is -0.146. The largest absolute Gasteiger partial charge is 0.465 e. The second kappa shape index (κ2) is 15.9. The predicted octanol–water partition coefficient (Wildman–Crippen LogP) is 8.86. The normalized spacial score (nSPS) is 18.7. The standard InChI is InChI=1S/C25H34O2.2C2H6/c1-4-10-21(5-2)22-15-16-24(19(3)17-22)27-25-14-9-13-23(26-25)18-20-11-7-6-8-12-20;2*1-2/h6-8,11-12,15-17,21,23,25H,4-5,9-10,13-14,18H2,1-3H3;2*1-2H3. The summed E-state index contributed by atoms with van der Waals surface area (Å²) in [6.45, 7) is 14.7. The smallest absolute Gasteiger partial charge is 0.200 e. The van der Waals surface area contributed by atoms with E-state index in [1.54, 1.807) is 0 Å². The lowest BCUT2D eigenvalue weighted by Crippen LogP contribution is -2.33. The quantitative estimate of drug-likeness (QED) is 0.419. The SMILES string of the molecule is CC.CC.CCCC(CC)c1ccc(OC2CCCC(Cc3ccccc3)O2)c(C)c1. The van der Waals surface area contributed by atoms with E-state index < -0.39 is 0 Å². The van der Waals surface area contributed by atoms with Gasteiger partial charge >= 0.3 is 0 Å². The van der Waals surface area contributed by atoms with Crippen LogP contribution < -0.4 is 4.74 Å². The number of rotatable bonds is 8. The molecule has 1 fully saturated rings. The molecule has 174 valence electrons. The summed E-state index contributed by atoms with van der Waals surface area (Å²) in [4.78, 5) is 0. The summed E-state index contributed by atoms with van der Waals surface area (Å²) in [5, 5.41) is 0. The second-order valence-corrected chi connectivity index (χ2v) is 7.84. The number of aryl methyl sites for hydroxylation is 1. The summed E-state index contributed by atoms with van der Waals surface area (Å²) in [5.41, 5.74) is 4.00. The van der Waals surface area contributed by atoms with Gasteiger partial charge in [-0.2, -0.15) is 0 Å². The molecule has 0 radical (unpaired) electrons. The molecule has 1 aliphatic heterocycles. The highest BCUT2D eigenvalue weighted by atomic mass is 16.7. The Balaban J connectivity index is 0.00000113. The number of benzene rings is 2. The van der Waals surface area contributed by atoms with Gasteiger partial charge in [0.05, 0.1) is 6.10 Å². The van der Waals surface area contributed by atoms with E-state index in [1.807, 2.05) is 27.7 Å². The van der Waals surface area contributed by atoms with Crippen molar-refractivity contribution in [1.82, 2.24) is 0 Å². The zero-order valence-corrected chi connectivity index (χ0v) is 21.1. The lowest BCUT2D eigenvalue weighted by atomic mass is 9.91. The molecule has 3 atom stereocenters. The van der Waals surface area contributed by atoms with Crippen LogP contribution in [-0.2, 0) is 11.2 Å². The highest BCUT2D eigenvalue weighted by Crippen LogP contribution is 2.31. The fourth-order valence-electron chi connectivity index (χ4n) is 4.13. The van der Waals surface area contributed by atoms with Crippen molar-refractivity contribution in [2.75, 3.05) is 0 Å². The molecular formula is C29H46O2. The number of hydrogen-bond acceptors (Lipinski definition) is 2. The van der Waals surface area contributed by atoms with Gasteiger partial charge < -0.3 is 9.47 Å². The Morgan fingerprint density at radius 2 is 1.68 bits per heavy atom. The predicted molar refractivity (Wildman–Crippen MR) is 135 cm³/mol. The van der Waals surface area contributed by atoms with Crippen molar-refractivity contribution in [1.29, 1.82) is 0 Å². The van der Waals surface area contributed by atoms with Gasteiger partial charge in [-0.25, -0.2) is 0 Å². The molecule has 2 aromatic rings. The maximum absolute atomic E-state index is 6.26. The minimum atomic E-state index is -0.130. The third kappa shape index (κ3) is 9.07. The molecule has 3 rings (SSSR count). The summed E-state index contributed by atoms with van der Waals surface area (Å²) < 4.78 is 12.5. The molecule has 1 saturated heterocycles. The van der Waals surface area contributed by atoms with Crippen molar-refractivity contribution in [2.45, 2.75) is 112 Å². The van der Waals surface area contributed by atoms with Crippen LogP contribution in [0.4, 0.5) is 0 Å². The van der Waals surface area contributed by atoms with E-state index in [9.17, 15) is 0 Å². The van der Waals surface area contributed by atoms with E-state index in [2.05, 4.69) is 69.3 Å². The minimum Gasteiger partial charge on any atom is -0.465 e. The first-order valence-corrected chi connectivity index (χ1v) is 12.7. The Hall–Kier alpha value is -1.80. The van der Waals surface area contributed by atoms with Gasteiger partial charge in [0.1, 0.15) is 5.75 Å². The molecule has 0 amide bonds. The van der Waals surface area contributed by atoms with E-state index in [0.717, 1.165) is 31.4 Å². The zero-order valence-electron chi connectivity index (χ0n) is 21.1. The van der Waals surface area contributed by atoms with Crippen LogP contribution in [-0.4, -0.2) is 12.4 Å². The average Bonchev–Trinajstić information content (AvgIpc) is 2.82. The summed E-state index contributed by atoms with van der Waals surface area (Å²) in [6.07, 6.45) is 8.01. The van der Waals surface area contributed by atoms with Crippen molar-refractivity contribution >= 4 is 0 Å². The molecular weight excluding hydrogens is 380 g/mol. The van der Waals surface area contributed by atoms with E-state index >= 15 is 0 Å². The molecule has 0 N–H and O–H groups in total. The van der Waals surface area contributed by atoms with Crippen molar-refractivity contribution in [3.63, 3.8) is 0 Å². The molecule has 0 spiro atoms. The van der Waals surface area contributed by atoms with Gasteiger partial charge in [-0.1, -0.05) is 90.4 Å². The highest BCUT2D eigenvalue weighted by Gasteiger charge is 2.24. The van der Waals surface area contributed by atoms with Gasteiger partial charge in [0.25, 0.3) is 0 Å². The molecule has 2 nitrogen and oxygen atoms in total. The van der Waals surface area contributed by atoms with Crippen molar-refractivity contribution in [3.05, 3.63) is 65.2 Å². The Morgan fingerprint density at radius 1 is 0.968 bits per heavy atom. The summed E-state index contributed by atoms with van der Waals surface area (Å²) >= 11 is 0. The van der Waals surface area contributed by atoms with Crippen molar-refractivity contribution in [2.24, 2.45) is 0 Å². The van der Waals surface area contributed by atoms with E-state index in [0.29, 0.717) is 5.92 Å². The van der Waals surface area contributed by atoms with Gasteiger partial charge in [0, 0.05) is 6.42 Å². The molecule has 2 heteroatoms. The third-order valence-electron chi connectivity index (χ3n) is 5.68. The van der Waals surface area contributed by atoms with Crippen molar-refractivity contribution in [3.8, 4) is 5.75 Å². The first-order chi connectivity index (χ1) is 15.2. The number of hydrogen-bond donors (Lipinski definition) is 0. The maximum Gasteiger partial charge on any atom is 0.200 e. The first-order valence-electron chi connectivity index (χ1n) is 12.7. The Bertz CT molecular complexity index is 695. The fraction of sp³-hybridized carbons (Fsp3) is 0.586. The van der Waals surface area contributed by atoms with Crippen LogP contribution in [0.5, 0.6) is 5.75 Å². The van der Waals surface area contributed by atoms with Crippen LogP contribution in [0.25, 0.3) is 0 Å². The minimum absolute atomic E-state index is 0.130. The van der Waals surface area contributed by atoms with Gasteiger partial charge in [-0.3, -0.25) is 0 Å². The molecule has 31 heavy (non-hydrogen) atoms. The van der Waals surface area contributed by atoms with Gasteiger partial charge in [0.2, 0.25) is 0 Å². The summed E-state index contributed by atoms with van der Waals surface area (Å²) in [5.74, 6) is 1.62. The monoisotopic (exact) mass is 426 g/mol. The fourth-order valence-corrected chi connectivity index (χ4v) is 4.13. The molecule has 1 aliphatic rings. The van der Waals surface area contributed by atoms with Gasteiger partial charge in [-0.05, 0) is 67.7 Å². The molecule has 0 bridgehead atoms. The van der Waals surface area contributed by atoms with Crippen LogP contribution in [0.2, 0.25) is 0 Å². The Kier molecular flexibility index (Phi) is 14.0. The van der Waals surface area contributed by atoms with Crippen molar-refractivity contribution < 1.29 is 9.47 Å². The highest BCUT2D eigenvalue weighted by molar-refractivity contribution is 5.37. The number of ether oxygens (including phenoxy) is 2. The molecule has 2 aromatic carbocycles. The van der Waals surface area contributed by atoms with Crippen LogP contribution in [0.3, 0.4) is 0 Å². The van der Waals surface area contributed by atoms with Crippen LogP contribution >= 0.6 is 0 Å². The summed E-state index contributed by atoms with van der Waals surface area (Å²) in [7, 11) is 0. The van der Waals surface area contributed by atoms with Crippen LogP contribution in [0, 0.1) is 6.92 Å².